The molecule has 6 nitrogen and oxygen atoms in total. The van der Waals surface area contributed by atoms with Crippen LogP contribution in [-0.4, -0.2) is 26.1 Å². The molecule has 23 heavy (non-hydrogen) atoms. The fourth-order valence-corrected chi connectivity index (χ4v) is 2.53. The number of carbonyl (C=O) groups excluding carboxylic acids is 1. The first-order valence-corrected chi connectivity index (χ1v) is 8.20. The molecule has 1 N–H and O–H groups in total. The molecule has 0 saturated heterocycles. The Hall–Kier alpha value is -2.29. The topological polar surface area (TPSA) is 72.7 Å². The highest BCUT2D eigenvalue weighted by Gasteiger charge is 2.13. The normalized spacial score (nSPS) is 10.5. The van der Waals surface area contributed by atoms with Crippen molar-refractivity contribution in [2.75, 3.05) is 5.32 Å². The molecule has 0 aliphatic heterocycles. The van der Waals surface area contributed by atoms with E-state index >= 15 is 0 Å². The van der Waals surface area contributed by atoms with Crippen LogP contribution >= 0.6 is 22.6 Å². The average molecular weight is 419 g/mol. The zero-order chi connectivity index (χ0) is 16.2. The van der Waals surface area contributed by atoms with Crippen LogP contribution in [0.25, 0.3) is 5.69 Å². The molecule has 0 aliphatic rings. The van der Waals surface area contributed by atoms with Gasteiger partial charge in [-0.25, -0.2) is 0 Å². The highest BCUT2D eigenvalue weighted by atomic mass is 127. The van der Waals surface area contributed by atoms with Crippen LogP contribution in [0.1, 0.15) is 23.1 Å². The van der Waals surface area contributed by atoms with Gasteiger partial charge in [-0.2, -0.15) is 4.68 Å². The molecule has 3 rings (SSSR count). The van der Waals surface area contributed by atoms with Crippen molar-refractivity contribution in [2.45, 2.75) is 13.3 Å². The van der Waals surface area contributed by atoms with Crippen LogP contribution in [-0.2, 0) is 6.42 Å². The van der Waals surface area contributed by atoms with Crippen molar-refractivity contribution in [1.29, 1.82) is 0 Å². The van der Waals surface area contributed by atoms with Gasteiger partial charge in [-0.1, -0.05) is 19.1 Å². The number of para-hydroxylation sites is 2. The number of benzene rings is 2. The smallest absolute Gasteiger partial charge is 0.255 e. The quantitative estimate of drug-likeness (QED) is 0.660. The molecule has 2 aromatic carbocycles. The summed E-state index contributed by atoms with van der Waals surface area (Å²) in [6.45, 7) is 1.98. The summed E-state index contributed by atoms with van der Waals surface area (Å²) in [4.78, 5) is 12.4. The summed E-state index contributed by atoms with van der Waals surface area (Å²) in [5.74, 6) is 0.570. The third-order valence-electron chi connectivity index (χ3n) is 3.34. The number of nitrogens with one attached hydrogen (secondary N) is 1. The molecule has 0 saturated carbocycles. The first-order chi connectivity index (χ1) is 11.2. The number of halogens is 1. The third-order valence-corrected chi connectivity index (χ3v) is 4.06. The van der Waals surface area contributed by atoms with Gasteiger partial charge >= 0.3 is 0 Å². The SMILES string of the molecule is CCc1nnnn1-c1ccccc1NC(=O)c1ccc(I)cc1. The van der Waals surface area contributed by atoms with Gasteiger partial charge in [-0.15, -0.1) is 5.10 Å². The molecular weight excluding hydrogens is 405 g/mol. The third kappa shape index (κ3) is 3.39. The Labute approximate surface area is 147 Å². The van der Waals surface area contributed by atoms with Crippen molar-refractivity contribution in [3.63, 3.8) is 0 Å². The molecular formula is C16H14IN5O. The van der Waals surface area contributed by atoms with Crippen LogP contribution in [0.3, 0.4) is 0 Å². The van der Waals surface area contributed by atoms with Crippen molar-refractivity contribution >= 4 is 34.2 Å². The maximum atomic E-state index is 12.4. The molecule has 0 atom stereocenters. The Morgan fingerprint density at radius 1 is 1.17 bits per heavy atom. The van der Waals surface area contributed by atoms with Crippen LogP contribution in [0, 0.1) is 3.57 Å². The van der Waals surface area contributed by atoms with Crippen molar-refractivity contribution < 1.29 is 4.79 Å². The zero-order valence-corrected chi connectivity index (χ0v) is 14.6. The number of carbonyl (C=O) groups is 1. The number of hydrogen-bond acceptors (Lipinski definition) is 4. The molecule has 0 unspecified atom stereocenters. The Bertz CT molecular complexity index is 828. The van der Waals surface area contributed by atoms with E-state index in [1.807, 2.05) is 43.3 Å². The van der Waals surface area contributed by atoms with Gasteiger partial charge in [0, 0.05) is 15.6 Å². The zero-order valence-electron chi connectivity index (χ0n) is 12.4. The lowest BCUT2D eigenvalue weighted by molar-refractivity contribution is 0.102. The van der Waals surface area contributed by atoms with Gasteiger partial charge in [0.2, 0.25) is 0 Å². The second-order valence-electron chi connectivity index (χ2n) is 4.84. The number of amides is 1. The van der Waals surface area contributed by atoms with E-state index in [1.165, 1.54) is 0 Å². The summed E-state index contributed by atoms with van der Waals surface area (Å²) < 4.78 is 2.73. The minimum absolute atomic E-state index is 0.167. The molecule has 0 radical (unpaired) electrons. The van der Waals surface area contributed by atoms with Crippen LogP contribution in [0.5, 0.6) is 0 Å². The fraction of sp³-hybridized carbons (Fsp3) is 0.125. The summed E-state index contributed by atoms with van der Waals surface area (Å²) in [5, 5.41) is 14.6. The molecule has 116 valence electrons. The predicted octanol–water partition coefficient (Wildman–Crippen LogP) is 3.08. The molecule has 1 amide bonds. The number of aryl methyl sites for hydroxylation is 1. The first kappa shape index (κ1) is 15.6. The van der Waals surface area contributed by atoms with E-state index in [2.05, 4.69) is 43.4 Å². The number of nitrogens with zero attached hydrogens (tertiary/aromatic N) is 4. The van der Waals surface area contributed by atoms with Crippen molar-refractivity contribution in [2.24, 2.45) is 0 Å². The maximum Gasteiger partial charge on any atom is 0.255 e. The number of aromatic nitrogens is 4. The second-order valence-corrected chi connectivity index (χ2v) is 6.08. The van der Waals surface area contributed by atoms with E-state index in [1.54, 1.807) is 16.8 Å². The van der Waals surface area contributed by atoms with Gasteiger partial charge in [0.15, 0.2) is 5.82 Å². The van der Waals surface area contributed by atoms with E-state index in [-0.39, 0.29) is 5.91 Å². The van der Waals surface area contributed by atoms with E-state index in [9.17, 15) is 4.79 Å². The van der Waals surface area contributed by atoms with Gasteiger partial charge in [-0.3, -0.25) is 4.79 Å². The van der Waals surface area contributed by atoms with Gasteiger partial charge in [0.25, 0.3) is 5.91 Å². The van der Waals surface area contributed by atoms with Crippen LogP contribution in [0.2, 0.25) is 0 Å². The number of tetrazole rings is 1. The number of anilines is 1. The average Bonchev–Trinajstić information content (AvgIpc) is 3.04. The monoisotopic (exact) mass is 419 g/mol. The Balaban J connectivity index is 1.92. The fourth-order valence-electron chi connectivity index (χ4n) is 2.17. The summed E-state index contributed by atoms with van der Waals surface area (Å²) >= 11 is 2.21. The lowest BCUT2D eigenvalue weighted by Gasteiger charge is -2.11. The second kappa shape index (κ2) is 6.86. The minimum Gasteiger partial charge on any atom is -0.320 e. The number of hydrogen-bond donors (Lipinski definition) is 1. The summed E-state index contributed by atoms with van der Waals surface area (Å²) in [7, 11) is 0. The van der Waals surface area contributed by atoms with Gasteiger partial charge in [0.05, 0.1) is 11.4 Å². The lowest BCUT2D eigenvalue weighted by atomic mass is 10.2. The Morgan fingerprint density at radius 2 is 1.91 bits per heavy atom. The van der Waals surface area contributed by atoms with Crippen molar-refractivity contribution in [3.05, 3.63) is 63.5 Å². The van der Waals surface area contributed by atoms with Crippen LogP contribution in [0.4, 0.5) is 5.69 Å². The highest BCUT2D eigenvalue weighted by Crippen LogP contribution is 2.21. The maximum absolute atomic E-state index is 12.4. The molecule has 3 aromatic rings. The van der Waals surface area contributed by atoms with Crippen molar-refractivity contribution in [1.82, 2.24) is 20.2 Å². The van der Waals surface area contributed by atoms with E-state index < -0.39 is 0 Å². The standard InChI is InChI=1S/C16H14IN5O/c1-2-15-19-20-21-22(15)14-6-4-3-5-13(14)18-16(23)11-7-9-12(17)10-8-11/h3-10H,2H2,1H3,(H,18,23). The first-order valence-electron chi connectivity index (χ1n) is 7.12. The van der Waals surface area contributed by atoms with Crippen LogP contribution in [0.15, 0.2) is 48.5 Å². The molecule has 0 bridgehead atoms. The molecule has 7 heteroatoms. The molecule has 1 heterocycles. The largest absolute Gasteiger partial charge is 0.320 e. The Kier molecular flexibility index (Phi) is 4.65. The molecule has 0 fully saturated rings. The molecule has 0 spiro atoms. The van der Waals surface area contributed by atoms with E-state index in [4.69, 9.17) is 0 Å². The summed E-state index contributed by atoms with van der Waals surface area (Å²) in [6.07, 6.45) is 0.701. The molecule has 0 aliphatic carbocycles. The Morgan fingerprint density at radius 3 is 2.65 bits per heavy atom. The summed E-state index contributed by atoms with van der Waals surface area (Å²) in [6, 6.07) is 14.9. The lowest BCUT2D eigenvalue weighted by Crippen LogP contribution is -2.14. The predicted molar refractivity (Wildman–Crippen MR) is 95.6 cm³/mol. The van der Waals surface area contributed by atoms with Gasteiger partial charge in [-0.05, 0) is 69.4 Å². The highest BCUT2D eigenvalue weighted by molar-refractivity contribution is 14.1. The van der Waals surface area contributed by atoms with Crippen LogP contribution < -0.4 is 5.32 Å². The van der Waals surface area contributed by atoms with E-state index in [0.29, 0.717) is 17.7 Å². The van der Waals surface area contributed by atoms with E-state index in [0.717, 1.165) is 15.1 Å². The molecule has 1 aromatic heterocycles. The van der Waals surface area contributed by atoms with Gasteiger partial charge < -0.3 is 5.32 Å². The number of rotatable bonds is 4. The minimum atomic E-state index is -0.167. The van der Waals surface area contributed by atoms with Crippen molar-refractivity contribution in [3.8, 4) is 5.69 Å². The summed E-state index contributed by atoms with van der Waals surface area (Å²) in [5.41, 5.74) is 2.01. The van der Waals surface area contributed by atoms with Gasteiger partial charge in [0.1, 0.15) is 0 Å².